The summed E-state index contributed by atoms with van der Waals surface area (Å²) >= 11 is 6.21. The molecule has 8 heteroatoms. The standard InChI is InChI=1S/C24H24ClN3O4/c1-31-20-7-3-2-6-19(20)27-24(30)16-10-13-28(14-11-16)22(29)15-32-21-9-8-18(25)17-5-4-12-26-23(17)21/h2-9,12,16H,10-11,13-15H2,1H3,(H,27,30). The molecule has 1 aliphatic rings. The van der Waals surface area contributed by atoms with Gasteiger partial charge in [0.1, 0.15) is 17.0 Å². The number of anilines is 1. The fraction of sp³-hybridized carbons (Fsp3) is 0.292. The van der Waals surface area contributed by atoms with E-state index in [0.717, 1.165) is 5.39 Å². The van der Waals surface area contributed by atoms with Gasteiger partial charge < -0.3 is 19.7 Å². The lowest BCUT2D eigenvalue weighted by molar-refractivity contribution is -0.136. The van der Waals surface area contributed by atoms with Gasteiger partial charge in [-0.3, -0.25) is 14.6 Å². The highest BCUT2D eigenvalue weighted by Gasteiger charge is 2.28. The molecule has 3 aromatic rings. The topological polar surface area (TPSA) is 80.8 Å². The van der Waals surface area contributed by atoms with Crippen LogP contribution in [0.2, 0.25) is 5.02 Å². The number of nitrogens with zero attached hydrogens (tertiary/aromatic N) is 2. The highest BCUT2D eigenvalue weighted by atomic mass is 35.5. The number of carbonyl (C=O) groups excluding carboxylic acids is 2. The molecule has 4 rings (SSSR count). The predicted molar refractivity (Wildman–Crippen MR) is 123 cm³/mol. The van der Waals surface area contributed by atoms with Crippen molar-refractivity contribution in [1.29, 1.82) is 0 Å². The molecule has 1 saturated heterocycles. The van der Waals surface area contributed by atoms with E-state index in [0.29, 0.717) is 53.7 Å². The van der Waals surface area contributed by atoms with Crippen molar-refractivity contribution in [2.24, 2.45) is 5.92 Å². The minimum atomic E-state index is -0.158. The van der Waals surface area contributed by atoms with Gasteiger partial charge in [-0.15, -0.1) is 0 Å². The third kappa shape index (κ3) is 4.78. The summed E-state index contributed by atoms with van der Waals surface area (Å²) < 4.78 is 11.0. The minimum Gasteiger partial charge on any atom is -0.495 e. The van der Waals surface area contributed by atoms with Crippen molar-refractivity contribution in [2.45, 2.75) is 12.8 Å². The largest absolute Gasteiger partial charge is 0.495 e. The summed E-state index contributed by atoms with van der Waals surface area (Å²) in [6, 6.07) is 14.4. The molecule has 7 nitrogen and oxygen atoms in total. The van der Waals surface area contributed by atoms with Crippen LogP contribution in [-0.2, 0) is 9.59 Å². The number of ether oxygens (including phenoxy) is 2. The third-order valence-electron chi connectivity index (χ3n) is 5.61. The molecule has 0 saturated carbocycles. The summed E-state index contributed by atoms with van der Waals surface area (Å²) in [5, 5.41) is 4.30. The number of hydrogen-bond acceptors (Lipinski definition) is 5. The SMILES string of the molecule is COc1ccccc1NC(=O)C1CCN(C(=O)COc2ccc(Cl)c3cccnc23)CC1. The normalized spacial score (nSPS) is 14.2. The van der Waals surface area contributed by atoms with Gasteiger partial charge in [-0.25, -0.2) is 0 Å². The molecule has 1 N–H and O–H groups in total. The zero-order valence-corrected chi connectivity index (χ0v) is 18.5. The molecule has 0 atom stereocenters. The summed E-state index contributed by atoms with van der Waals surface area (Å²) in [5.41, 5.74) is 1.27. The number of pyridine rings is 1. The highest BCUT2D eigenvalue weighted by Crippen LogP contribution is 2.30. The van der Waals surface area contributed by atoms with Crippen LogP contribution in [0.3, 0.4) is 0 Å². The van der Waals surface area contributed by atoms with Gasteiger partial charge >= 0.3 is 0 Å². The molecule has 1 fully saturated rings. The maximum atomic E-state index is 12.7. The van der Waals surface area contributed by atoms with Crippen LogP contribution in [0.1, 0.15) is 12.8 Å². The molecule has 1 aliphatic heterocycles. The number of rotatable bonds is 6. The molecular weight excluding hydrogens is 430 g/mol. The first kappa shape index (κ1) is 21.9. The zero-order valence-electron chi connectivity index (χ0n) is 17.7. The molecule has 1 aromatic heterocycles. The van der Waals surface area contributed by atoms with E-state index in [-0.39, 0.29) is 24.3 Å². The monoisotopic (exact) mass is 453 g/mol. The molecule has 0 radical (unpaired) electrons. The second kappa shape index (κ2) is 9.87. The lowest BCUT2D eigenvalue weighted by Crippen LogP contribution is -2.43. The molecule has 166 valence electrons. The molecule has 2 aromatic carbocycles. The van der Waals surface area contributed by atoms with E-state index >= 15 is 0 Å². The van der Waals surface area contributed by atoms with Crippen molar-refractivity contribution in [3.63, 3.8) is 0 Å². The Bertz CT molecular complexity index is 1130. The maximum Gasteiger partial charge on any atom is 0.260 e. The third-order valence-corrected chi connectivity index (χ3v) is 5.94. The van der Waals surface area contributed by atoms with Crippen molar-refractivity contribution in [3.8, 4) is 11.5 Å². The Balaban J connectivity index is 1.30. The number of fused-ring (bicyclic) bond motifs is 1. The number of carbonyl (C=O) groups is 2. The molecular formula is C24H24ClN3O4. The Morgan fingerprint density at radius 3 is 2.66 bits per heavy atom. The first-order chi connectivity index (χ1) is 15.6. The Kier molecular flexibility index (Phi) is 6.75. The second-order valence-electron chi connectivity index (χ2n) is 7.58. The first-order valence-corrected chi connectivity index (χ1v) is 10.8. The summed E-state index contributed by atoms with van der Waals surface area (Å²) in [7, 11) is 1.57. The Morgan fingerprint density at radius 1 is 1.09 bits per heavy atom. The number of likely N-dealkylation sites (tertiary alicyclic amines) is 1. The number of para-hydroxylation sites is 2. The minimum absolute atomic E-state index is 0.0587. The summed E-state index contributed by atoms with van der Waals surface area (Å²) in [5.74, 6) is 0.803. The van der Waals surface area contributed by atoms with Crippen LogP contribution in [0.4, 0.5) is 5.69 Å². The van der Waals surface area contributed by atoms with E-state index in [4.69, 9.17) is 21.1 Å². The van der Waals surface area contributed by atoms with Gasteiger partial charge in [0.2, 0.25) is 5.91 Å². The number of methoxy groups -OCH3 is 1. The summed E-state index contributed by atoms with van der Waals surface area (Å²) in [6.07, 6.45) is 2.85. The van der Waals surface area contributed by atoms with Crippen molar-refractivity contribution in [2.75, 3.05) is 32.1 Å². The van der Waals surface area contributed by atoms with E-state index in [2.05, 4.69) is 10.3 Å². The molecule has 0 bridgehead atoms. The van der Waals surface area contributed by atoms with E-state index in [1.54, 1.807) is 42.5 Å². The van der Waals surface area contributed by atoms with Crippen LogP contribution < -0.4 is 14.8 Å². The van der Waals surface area contributed by atoms with E-state index in [9.17, 15) is 9.59 Å². The smallest absolute Gasteiger partial charge is 0.260 e. The summed E-state index contributed by atoms with van der Waals surface area (Å²) in [4.78, 5) is 31.4. The fourth-order valence-electron chi connectivity index (χ4n) is 3.83. The van der Waals surface area contributed by atoms with Crippen LogP contribution in [0.5, 0.6) is 11.5 Å². The lowest BCUT2D eigenvalue weighted by Gasteiger charge is -2.31. The quantitative estimate of drug-likeness (QED) is 0.606. The van der Waals surface area contributed by atoms with Crippen molar-refractivity contribution < 1.29 is 19.1 Å². The molecule has 32 heavy (non-hydrogen) atoms. The van der Waals surface area contributed by atoms with Gasteiger partial charge in [0.15, 0.2) is 6.61 Å². The second-order valence-corrected chi connectivity index (χ2v) is 7.99. The van der Waals surface area contributed by atoms with Crippen LogP contribution in [0.25, 0.3) is 10.9 Å². The number of piperidine rings is 1. The Hall–Kier alpha value is -3.32. The molecule has 2 amide bonds. The van der Waals surface area contributed by atoms with Crippen molar-refractivity contribution in [3.05, 3.63) is 59.8 Å². The highest BCUT2D eigenvalue weighted by molar-refractivity contribution is 6.35. The average Bonchev–Trinajstić information content (AvgIpc) is 2.84. The number of benzene rings is 2. The van der Waals surface area contributed by atoms with E-state index in [1.165, 1.54) is 0 Å². The van der Waals surface area contributed by atoms with Crippen molar-refractivity contribution in [1.82, 2.24) is 9.88 Å². The van der Waals surface area contributed by atoms with Gasteiger partial charge in [0.25, 0.3) is 5.91 Å². The lowest BCUT2D eigenvalue weighted by atomic mass is 9.95. The molecule has 0 unspecified atom stereocenters. The van der Waals surface area contributed by atoms with Crippen LogP contribution in [0.15, 0.2) is 54.7 Å². The Labute approximate surface area is 191 Å². The van der Waals surface area contributed by atoms with E-state index < -0.39 is 0 Å². The van der Waals surface area contributed by atoms with Gasteiger partial charge in [-0.2, -0.15) is 0 Å². The van der Waals surface area contributed by atoms with Crippen LogP contribution in [-0.4, -0.2) is 48.5 Å². The maximum absolute atomic E-state index is 12.7. The Morgan fingerprint density at radius 2 is 1.88 bits per heavy atom. The summed E-state index contributed by atoms with van der Waals surface area (Å²) in [6.45, 7) is 0.920. The first-order valence-electron chi connectivity index (χ1n) is 10.4. The van der Waals surface area contributed by atoms with E-state index in [1.807, 2.05) is 24.3 Å². The van der Waals surface area contributed by atoms with Gasteiger partial charge in [-0.05, 0) is 49.2 Å². The van der Waals surface area contributed by atoms with Crippen LogP contribution in [0, 0.1) is 5.92 Å². The predicted octanol–water partition coefficient (Wildman–Crippen LogP) is 4.15. The van der Waals surface area contributed by atoms with Gasteiger partial charge in [0, 0.05) is 30.6 Å². The number of aromatic nitrogens is 1. The number of hydrogen-bond donors (Lipinski definition) is 1. The van der Waals surface area contributed by atoms with Crippen LogP contribution >= 0.6 is 11.6 Å². The molecule has 0 spiro atoms. The number of amides is 2. The van der Waals surface area contributed by atoms with Crippen molar-refractivity contribution >= 4 is 40.0 Å². The van der Waals surface area contributed by atoms with Gasteiger partial charge in [0.05, 0.1) is 17.8 Å². The fourth-order valence-corrected chi connectivity index (χ4v) is 4.05. The molecule has 2 heterocycles. The number of halogens is 1. The average molecular weight is 454 g/mol. The molecule has 0 aliphatic carbocycles. The number of nitrogens with one attached hydrogen (secondary N) is 1. The van der Waals surface area contributed by atoms with Gasteiger partial charge in [-0.1, -0.05) is 23.7 Å². The zero-order chi connectivity index (χ0) is 22.5.